The fourth-order valence-electron chi connectivity index (χ4n) is 1.20. The molecule has 1 aliphatic heterocycles. The van der Waals surface area contributed by atoms with Gasteiger partial charge in [0.2, 0.25) is 0 Å². The van der Waals surface area contributed by atoms with Crippen molar-refractivity contribution >= 4 is 5.97 Å². The van der Waals surface area contributed by atoms with Crippen molar-refractivity contribution in [3.05, 3.63) is 17.0 Å². The Hall–Kier alpha value is -1.36. The number of hydrogen-bond acceptors (Lipinski definition) is 4. The van der Waals surface area contributed by atoms with Crippen molar-refractivity contribution in [3.8, 4) is 0 Å². The molecule has 2 heterocycles. The molecule has 1 aromatic heterocycles. The first kappa shape index (κ1) is 7.30. The number of ether oxygens (including phenoxy) is 1. The van der Waals surface area contributed by atoms with Crippen LogP contribution >= 0.6 is 0 Å². The van der Waals surface area contributed by atoms with E-state index in [0.29, 0.717) is 31.0 Å². The maximum atomic E-state index is 10.6. The highest BCUT2D eigenvalue weighted by atomic mass is 16.5. The molecule has 0 atom stereocenters. The largest absolute Gasteiger partial charge is 0.476 e. The van der Waals surface area contributed by atoms with E-state index in [9.17, 15) is 4.79 Å². The van der Waals surface area contributed by atoms with E-state index in [1.807, 2.05) is 0 Å². The number of aromatic nitrogens is 1. The summed E-state index contributed by atoms with van der Waals surface area (Å²) in [5.41, 5.74) is 0.554. The number of hydrogen-bond donors (Lipinski definition) is 1. The average molecular weight is 169 g/mol. The summed E-state index contributed by atoms with van der Waals surface area (Å²) in [7, 11) is 0. The minimum absolute atomic E-state index is 0.0234. The molecule has 1 aliphatic rings. The van der Waals surface area contributed by atoms with E-state index < -0.39 is 5.97 Å². The van der Waals surface area contributed by atoms with Gasteiger partial charge in [0.1, 0.15) is 5.76 Å². The molecular formula is C7H7NO4. The highest BCUT2D eigenvalue weighted by Gasteiger charge is 2.23. The first-order valence-electron chi connectivity index (χ1n) is 3.57. The summed E-state index contributed by atoms with van der Waals surface area (Å²) in [6.45, 7) is 0.863. The molecule has 2 rings (SSSR count). The molecule has 0 saturated heterocycles. The Balaban J connectivity index is 2.44. The SMILES string of the molecule is O=C(O)c1noc2c1COCC2. The summed E-state index contributed by atoms with van der Waals surface area (Å²) in [5, 5.41) is 12.1. The van der Waals surface area contributed by atoms with Crippen LogP contribution in [0.3, 0.4) is 0 Å². The van der Waals surface area contributed by atoms with Gasteiger partial charge in [-0.15, -0.1) is 0 Å². The number of rotatable bonds is 1. The zero-order chi connectivity index (χ0) is 8.55. The van der Waals surface area contributed by atoms with E-state index in [4.69, 9.17) is 14.4 Å². The molecule has 0 radical (unpaired) electrons. The van der Waals surface area contributed by atoms with E-state index in [1.54, 1.807) is 0 Å². The van der Waals surface area contributed by atoms with Gasteiger partial charge in [-0.05, 0) is 0 Å². The second-order valence-corrected chi connectivity index (χ2v) is 2.54. The lowest BCUT2D eigenvalue weighted by Gasteiger charge is -2.08. The third-order valence-electron chi connectivity index (χ3n) is 1.79. The minimum atomic E-state index is -1.06. The number of aromatic carboxylic acids is 1. The molecular weight excluding hydrogens is 162 g/mol. The summed E-state index contributed by atoms with van der Waals surface area (Å²) in [6, 6.07) is 0. The van der Waals surface area contributed by atoms with Gasteiger partial charge in [-0.3, -0.25) is 0 Å². The van der Waals surface area contributed by atoms with Crippen LogP contribution < -0.4 is 0 Å². The Kier molecular flexibility index (Phi) is 1.58. The Morgan fingerprint density at radius 1 is 1.58 bits per heavy atom. The molecule has 1 N–H and O–H groups in total. The zero-order valence-electron chi connectivity index (χ0n) is 6.24. The maximum Gasteiger partial charge on any atom is 0.358 e. The number of carbonyl (C=O) groups is 1. The standard InChI is InChI=1S/C7H7NO4/c9-7(10)6-4-3-11-2-1-5(4)12-8-6/h1-3H2,(H,9,10). The van der Waals surface area contributed by atoms with E-state index in [2.05, 4.69) is 5.16 Å². The monoisotopic (exact) mass is 169 g/mol. The third kappa shape index (κ3) is 0.984. The van der Waals surface area contributed by atoms with Crippen LogP contribution in [0, 0.1) is 0 Å². The number of nitrogens with zero attached hydrogens (tertiary/aromatic N) is 1. The average Bonchev–Trinajstić information content (AvgIpc) is 2.47. The van der Waals surface area contributed by atoms with E-state index in [1.165, 1.54) is 0 Å². The highest BCUT2D eigenvalue weighted by molar-refractivity contribution is 5.87. The van der Waals surface area contributed by atoms with Crippen LogP contribution in [-0.4, -0.2) is 22.8 Å². The van der Waals surface area contributed by atoms with Crippen LogP contribution in [0.1, 0.15) is 21.8 Å². The lowest BCUT2D eigenvalue weighted by molar-refractivity contribution is 0.0677. The fourth-order valence-corrected chi connectivity index (χ4v) is 1.20. The second kappa shape index (κ2) is 2.60. The van der Waals surface area contributed by atoms with Crippen molar-refractivity contribution < 1.29 is 19.2 Å². The molecule has 0 fully saturated rings. The summed E-state index contributed by atoms with van der Waals surface area (Å²) in [5.74, 6) is -0.427. The first-order valence-corrected chi connectivity index (χ1v) is 3.57. The Bertz CT molecular complexity index is 317. The maximum absolute atomic E-state index is 10.6. The molecule has 0 aliphatic carbocycles. The van der Waals surface area contributed by atoms with Gasteiger partial charge >= 0.3 is 5.97 Å². The number of fused-ring (bicyclic) bond motifs is 1. The molecule has 12 heavy (non-hydrogen) atoms. The van der Waals surface area contributed by atoms with Crippen LogP contribution in [0.2, 0.25) is 0 Å². The molecule has 64 valence electrons. The van der Waals surface area contributed by atoms with Crippen molar-refractivity contribution in [2.75, 3.05) is 6.61 Å². The van der Waals surface area contributed by atoms with Gasteiger partial charge in [0.25, 0.3) is 0 Å². The Labute approximate surface area is 67.9 Å². The van der Waals surface area contributed by atoms with Crippen LogP contribution in [0.25, 0.3) is 0 Å². The van der Waals surface area contributed by atoms with E-state index >= 15 is 0 Å². The molecule has 0 unspecified atom stereocenters. The zero-order valence-corrected chi connectivity index (χ0v) is 6.24. The van der Waals surface area contributed by atoms with Gasteiger partial charge in [-0.25, -0.2) is 4.79 Å². The van der Waals surface area contributed by atoms with Crippen LogP contribution in [0.4, 0.5) is 0 Å². The molecule has 0 aromatic carbocycles. The van der Waals surface area contributed by atoms with E-state index in [-0.39, 0.29) is 5.69 Å². The second-order valence-electron chi connectivity index (χ2n) is 2.54. The smallest absolute Gasteiger partial charge is 0.358 e. The molecule has 1 aromatic rings. The Morgan fingerprint density at radius 3 is 3.17 bits per heavy atom. The normalized spacial score (nSPS) is 15.7. The van der Waals surface area contributed by atoms with Gasteiger partial charge in [0.15, 0.2) is 5.69 Å². The molecule has 0 spiro atoms. The topological polar surface area (TPSA) is 72.6 Å². The van der Waals surface area contributed by atoms with Gasteiger partial charge in [-0.2, -0.15) is 0 Å². The predicted octanol–water partition coefficient (Wildman–Crippen LogP) is 0.445. The summed E-state index contributed by atoms with van der Waals surface area (Å²) in [4.78, 5) is 10.6. The molecule has 5 heteroatoms. The van der Waals surface area contributed by atoms with Crippen molar-refractivity contribution in [3.63, 3.8) is 0 Å². The van der Waals surface area contributed by atoms with E-state index in [0.717, 1.165) is 0 Å². The van der Waals surface area contributed by atoms with Gasteiger partial charge < -0.3 is 14.4 Å². The lowest BCUT2D eigenvalue weighted by atomic mass is 10.1. The lowest BCUT2D eigenvalue weighted by Crippen LogP contribution is -2.11. The third-order valence-corrected chi connectivity index (χ3v) is 1.79. The van der Waals surface area contributed by atoms with Gasteiger partial charge in [0, 0.05) is 6.42 Å². The van der Waals surface area contributed by atoms with Gasteiger partial charge in [-0.1, -0.05) is 5.16 Å². The molecule has 0 amide bonds. The first-order chi connectivity index (χ1) is 5.79. The van der Waals surface area contributed by atoms with Crippen molar-refractivity contribution in [1.82, 2.24) is 5.16 Å². The highest BCUT2D eigenvalue weighted by Crippen LogP contribution is 2.19. The van der Waals surface area contributed by atoms with Crippen LogP contribution in [-0.2, 0) is 17.8 Å². The summed E-state index contributed by atoms with van der Waals surface area (Å²) in [6.07, 6.45) is 0.607. The quantitative estimate of drug-likeness (QED) is 0.660. The Morgan fingerprint density at radius 2 is 2.42 bits per heavy atom. The summed E-state index contributed by atoms with van der Waals surface area (Å²) < 4.78 is 9.92. The fraction of sp³-hybridized carbons (Fsp3) is 0.429. The predicted molar refractivity (Wildman–Crippen MR) is 36.8 cm³/mol. The minimum Gasteiger partial charge on any atom is -0.476 e. The number of carboxylic acids is 1. The van der Waals surface area contributed by atoms with Crippen molar-refractivity contribution in [2.45, 2.75) is 13.0 Å². The van der Waals surface area contributed by atoms with Gasteiger partial charge in [0.05, 0.1) is 18.8 Å². The number of carboxylic acid groups (broad SMARTS) is 1. The van der Waals surface area contributed by atoms with Crippen LogP contribution in [0.15, 0.2) is 4.52 Å². The van der Waals surface area contributed by atoms with Crippen molar-refractivity contribution in [1.29, 1.82) is 0 Å². The molecule has 0 saturated carbocycles. The van der Waals surface area contributed by atoms with Crippen molar-refractivity contribution in [2.24, 2.45) is 0 Å². The molecule has 5 nitrogen and oxygen atoms in total. The molecule has 0 bridgehead atoms. The van der Waals surface area contributed by atoms with Crippen LogP contribution in [0.5, 0.6) is 0 Å². The summed E-state index contributed by atoms with van der Waals surface area (Å²) >= 11 is 0.